The topological polar surface area (TPSA) is 44.8 Å². The molecule has 0 N–H and O–H groups in total. The predicted octanol–water partition coefficient (Wildman–Crippen LogP) is 0.466. The van der Waals surface area contributed by atoms with E-state index in [1.54, 1.807) is 0 Å². The molecule has 0 aliphatic rings. The summed E-state index contributed by atoms with van der Waals surface area (Å²) in [4.78, 5) is 13.3. The number of methoxy groups -OCH3 is 1. The van der Waals surface area contributed by atoms with Crippen molar-refractivity contribution in [3.05, 3.63) is 0 Å². The van der Waals surface area contributed by atoms with Crippen LogP contribution in [0, 0.1) is 0 Å². The van der Waals surface area contributed by atoms with Crippen LogP contribution in [0.2, 0.25) is 0 Å². The van der Waals surface area contributed by atoms with Crippen molar-refractivity contribution in [3.8, 4) is 0 Å². The molecule has 5 heteroatoms. The van der Waals surface area contributed by atoms with Gasteiger partial charge in [0, 0.05) is 11.6 Å². The van der Waals surface area contributed by atoms with E-state index < -0.39 is 12.1 Å². The molecule has 0 aromatic heterocycles. The zero-order valence-corrected chi connectivity index (χ0v) is 6.50. The molecule has 0 spiro atoms. The van der Waals surface area contributed by atoms with Gasteiger partial charge in [-0.15, -0.1) is 0 Å². The Bertz CT molecular complexity index is 117. The minimum absolute atomic E-state index is 0.243. The van der Waals surface area contributed by atoms with Crippen molar-refractivity contribution in [2.24, 2.45) is 0 Å². The Labute approximate surface area is 64.1 Å². The maximum absolute atomic E-state index is 11.2. The molecule has 0 rings (SSSR count). The molecule has 0 aromatic rings. The number of carbonyl (C=O) groups is 1. The third-order valence-corrected chi connectivity index (χ3v) is 1.06. The summed E-state index contributed by atoms with van der Waals surface area (Å²) in [6.07, 6.45) is -0.879. The molecule has 0 saturated carbocycles. The highest BCUT2D eigenvalue weighted by atomic mass is 19.3. The van der Waals surface area contributed by atoms with Crippen LogP contribution in [0.4, 0.5) is 4.53 Å². The highest BCUT2D eigenvalue weighted by Crippen LogP contribution is 1.94. The van der Waals surface area contributed by atoms with Gasteiger partial charge in [0.15, 0.2) is 6.10 Å². The smallest absolute Gasteiger partial charge is 0.376 e. The largest absolute Gasteiger partial charge is 0.382 e. The van der Waals surface area contributed by atoms with E-state index in [1.165, 1.54) is 14.0 Å². The van der Waals surface area contributed by atoms with Crippen LogP contribution in [0.3, 0.4) is 0 Å². The van der Waals surface area contributed by atoms with Crippen LogP contribution < -0.4 is 0 Å². The van der Waals surface area contributed by atoms with Crippen LogP contribution >= 0.6 is 0 Å². The molecule has 0 bridgehead atoms. The Balaban J connectivity index is 3.36. The quantitative estimate of drug-likeness (QED) is 0.557. The van der Waals surface area contributed by atoms with Crippen LogP contribution in [0.5, 0.6) is 0 Å². The summed E-state index contributed by atoms with van der Waals surface area (Å²) < 4.78 is 20.6. The van der Waals surface area contributed by atoms with Gasteiger partial charge in [-0.1, -0.05) is 0 Å². The van der Waals surface area contributed by atoms with Gasteiger partial charge >= 0.3 is 5.97 Å². The predicted molar refractivity (Wildman–Crippen MR) is 34.5 cm³/mol. The number of ether oxygens (including phenoxy) is 2. The van der Waals surface area contributed by atoms with E-state index in [0.717, 1.165) is 0 Å². The first-order valence-electron chi connectivity index (χ1n) is 3.15. The molecule has 0 saturated heterocycles. The summed E-state index contributed by atoms with van der Waals surface area (Å²) in [5.41, 5.74) is 0. The van der Waals surface area contributed by atoms with Crippen molar-refractivity contribution < 1.29 is 23.7 Å². The third-order valence-electron chi connectivity index (χ3n) is 1.06. The highest BCUT2D eigenvalue weighted by Gasteiger charge is 2.14. The number of halogens is 1. The molecule has 0 heterocycles. The maximum atomic E-state index is 11.2. The van der Waals surface area contributed by atoms with Crippen LogP contribution in [-0.2, 0) is 19.2 Å². The first-order chi connectivity index (χ1) is 5.22. The van der Waals surface area contributed by atoms with Gasteiger partial charge in [0.25, 0.3) is 0 Å². The molecular weight excluding hydrogens is 155 g/mol. The number of carbonyl (C=O) groups excluding carboxylic acids is 1. The molecule has 66 valence electrons. The molecule has 0 aromatic carbocycles. The highest BCUT2D eigenvalue weighted by molar-refractivity contribution is 5.73. The van der Waals surface area contributed by atoms with Gasteiger partial charge in [-0.25, -0.2) is 4.79 Å². The summed E-state index contributed by atoms with van der Waals surface area (Å²) in [5, 5.41) is 0. The Hall–Kier alpha value is -0.680. The Morgan fingerprint density at radius 3 is 2.64 bits per heavy atom. The lowest BCUT2D eigenvalue weighted by atomic mass is 10.4. The van der Waals surface area contributed by atoms with Gasteiger partial charge < -0.3 is 9.47 Å². The van der Waals surface area contributed by atoms with Gasteiger partial charge in [0.1, 0.15) is 0 Å². The normalized spacial score (nSPS) is 12.6. The van der Waals surface area contributed by atoms with E-state index in [4.69, 9.17) is 4.74 Å². The van der Waals surface area contributed by atoms with Crippen molar-refractivity contribution >= 4 is 5.97 Å². The van der Waals surface area contributed by atoms with Crippen molar-refractivity contribution in [1.82, 2.24) is 0 Å². The van der Waals surface area contributed by atoms with E-state index in [9.17, 15) is 9.32 Å². The molecule has 0 aliphatic heterocycles. The fourth-order valence-corrected chi connectivity index (χ4v) is 0.439. The van der Waals surface area contributed by atoms with E-state index in [1.807, 2.05) is 0 Å². The molecule has 11 heavy (non-hydrogen) atoms. The summed E-state index contributed by atoms with van der Waals surface area (Å²) in [6, 6.07) is 0. The first-order valence-corrected chi connectivity index (χ1v) is 3.15. The molecule has 0 radical (unpaired) electrons. The SMILES string of the molecule is COCCOC(C)C(=O)OF. The lowest BCUT2D eigenvalue weighted by Gasteiger charge is -2.07. The minimum Gasteiger partial charge on any atom is -0.382 e. The molecular formula is C6H11FO4. The van der Waals surface area contributed by atoms with Crippen molar-refractivity contribution in [2.75, 3.05) is 20.3 Å². The fourth-order valence-electron chi connectivity index (χ4n) is 0.439. The van der Waals surface area contributed by atoms with Gasteiger partial charge in [-0.2, -0.15) is 0 Å². The van der Waals surface area contributed by atoms with Gasteiger partial charge in [-0.05, 0) is 6.92 Å². The van der Waals surface area contributed by atoms with Crippen molar-refractivity contribution in [2.45, 2.75) is 13.0 Å². The fraction of sp³-hybridized carbons (Fsp3) is 0.833. The van der Waals surface area contributed by atoms with Crippen LogP contribution in [-0.4, -0.2) is 32.4 Å². The third kappa shape index (κ3) is 4.69. The Kier molecular flexibility index (Phi) is 5.68. The number of hydrogen-bond acceptors (Lipinski definition) is 4. The summed E-state index contributed by atoms with van der Waals surface area (Å²) >= 11 is 0. The lowest BCUT2D eigenvalue weighted by Crippen LogP contribution is -2.22. The van der Waals surface area contributed by atoms with Crippen molar-refractivity contribution in [1.29, 1.82) is 0 Å². The Morgan fingerprint density at radius 1 is 1.55 bits per heavy atom. The second-order valence-electron chi connectivity index (χ2n) is 1.90. The Morgan fingerprint density at radius 2 is 2.18 bits per heavy atom. The maximum Gasteiger partial charge on any atom is 0.376 e. The standard InChI is InChI=1S/C6H11FO4/c1-5(6(8)11-7)10-4-3-9-2/h5H,3-4H2,1-2H3. The minimum atomic E-state index is -1.03. The second-order valence-corrected chi connectivity index (χ2v) is 1.90. The summed E-state index contributed by atoms with van der Waals surface area (Å²) in [6.45, 7) is 2.01. The van der Waals surface area contributed by atoms with Gasteiger partial charge in [0.05, 0.1) is 13.2 Å². The van der Waals surface area contributed by atoms with E-state index in [-0.39, 0.29) is 6.61 Å². The van der Waals surface area contributed by atoms with Gasteiger partial charge in [0.2, 0.25) is 0 Å². The second kappa shape index (κ2) is 6.06. The molecule has 1 unspecified atom stereocenters. The summed E-state index contributed by atoms with van der Waals surface area (Å²) in [5.74, 6) is -1.03. The lowest BCUT2D eigenvalue weighted by molar-refractivity contribution is -0.196. The van der Waals surface area contributed by atoms with Crippen LogP contribution in [0.25, 0.3) is 0 Å². The van der Waals surface area contributed by atoms with Crippen LogP contribution in [0.15, 0.2) is 0 Å². The molecule has 4 nitrogen and oxygen atoms in total. The zero-order chi connectivity index (χ0) is 8.69. The van der Waals surface area contributed by atoms with E-state index >= 15 is 0 Å². The molecule has 0 fully saturated rings. The number of hydrogen-bond donors (Lipinski definition) is 0. The monoisotopic (exact) mass is 166 g/mol. The van der Waals surface area contributed by atoms with Crippen LogP contribution in [0.1, 0.15) is 6.92 Å². The number of rotatable bonds is 5. The first kappa shape index (κ1) is 10.3. The molecule has 1 atom stereocenters. The molecule has 0 aliphatic carbocycles. The van der Waals surface area contributed by atoms with E-state index in [0.29, 0.717) is 6.61 Å². The van der Waals surface area contributed by atoms with Crippen molar-refractivity contribution in [3.63, 3.8) is 0 Å². The summed E-state index contributed by atoms with van der Waals surface area (Å²) in [7, 11) is 1.50. The average Bonchev–Trinajstić information content (AvgIpc) is 2.03. The van der Waals surface area contributed by atoms with E-state index in [2.05, 4.69) is 9.68 Å². The molecule has 0 amide bonds. The average molecular weight is 166 g/mol. The van der Waals surface area contributed by atoms with Gasteiger partial charge in [-0.3, -0.25) is 4.94 Å². The zero-order valence-electron chi connectivity index (χ0n) is 6.50.